The van der Waals surface area contributed by atoms with Gasteiger partial charge in [0.15, 0.2) is 0 Å². The van der Waals surface area contributed by atoms with E-state index in [1.807, 2.05) is 39.0 Å². The largest absolute Gasteiger partial charge is 0.355 e. The molecule has 0 spiro atoms. The second-order valence-electron chi connectivity index (χ2n) is 11.7. The fraction of sp³-hybridized carbons (Fsp3) is 0.538. The van der Waals surface area contributed by atoms with Crippen LogP contribution in [0.25, 0.3) is 11.3 Å². The van der Waals surface area contributed by atoms with Crippen LogP contribution in [0.4, 0.5) is 5.69 Å². The summed E-state index contributed by atoms with van der Waals surface area (Å²) in [5.74, 6) is 3.54. The van der Waals surface area contributed by atoms with Gasteiger partial charge in [0.1, 0.15) is 0 Å². The first kappa shape index (κ1) is 36.3. The molecule has 3 rings (SSSR count). The predicted octanol–water partition coefficient (Wildman–Crippen LogP) is 11.4. The summed E-state index contributed by atoms with van der Waals surface area (Å²) < 4.78 is 0. The number of nitrogens with one attached hydrogen (secondary N) is 1. The number of unbranched alkanes of at least 4 members (excludes halogenated alkanes) is 5. The molecule has 226 valence electrons. The minimum absolute atomic E-state index is 0.146. The second-order valence-corrected chi connectivity index (χ2v) is 11.7. The van der Waals surface area contributed by atoms with E-state index >= 15 is 0 Å². The highest BCUT2D eigenvalue weighted by atomic mass is 14.9. The summed E-state index contributed by atoms with van der Waals surface area (Å²) in [6.07, 6.45) is 22.7. The van der Waals surface area contributed by atoms with Gasteiger partial charge >= 0.3 is 0 Å². The molecular weight excluding hydrogens is 496 g/mol. The Kier molecular flexibility index (Phi) is 17.8. The Hall–Kier alpha value is -2.76. The summed E-state index contributed by atoms with van der Waals surface area (Å²) in [6, 6.07) is 14.7. The number of terminal acetylenes is 1. The lowest BCUT2D eigenvalue weighted by atomic mass is 9.72. The number of rotatable bonds is 13. The first-order chi connectivity index (χ1) is 19.7. The maximum Gasteiger partial charge on any atom is 0.0397 e. The van der Waals surface area contributed by atoms with Gasteiger partial charge in [0.25, 0.3) is 0 Å². The Morgan fingerprint density at radius 1 is 0.976 bits per heavy atom. The summed E-state index contributed by atoms with van der Waals surface area (Å²) in [5.41, 5.74) is 13.5. The summed E-state index contributed by atoms with van der Waals surface area (Å²) in [7, 11) is 0. The lowest BCUT2D eigenvalue weighted by Gasteiger charge is -2.38. The van der Waals surface area contributed by atoms with Crippen LogP contribution >= 0.6 is 0 Å². The molecule has 1 saturated carbocycles. The Bertz CT molecular complexity index is 1070. The number of nitrogens with two attached hydrogens (primary N) is 1. The third kappa shape index (κ3) is 13.2. The van der Waals surface area contributed by atoms with Gasteiger partial charge < -0.3 is 11.1 Å². The molecule has 1 fully saturated rings. The van der Waals surface area contributed by atoms with Gasteiger partial charge in [0.2, 0.25) is 0 Å². The quantitative estimate of drug-likeness (QED) is 0.190. The zero-order valence-electron chi connectivity index (χ0n) is 27.4. The molecule has 2 heteroatoms. The molecule has 0 aromatic heterocycles. The monoisotopic (exact) mass is 556 g/mol. The smallest absolute Gasteiger partial charge is 0.0397 e. The van der Waals surface area contributed by atoms with Crippen LogP contribution in [-0.2, 0) is 6.42 Å². The van der Waals surface area contributed by atoms with E-state index in [1.54, 1.807) is 0 Å². The van der Waals surface area contributed by atoms with Crippen LogP contribution in [0.5, 0.6) is 0 Å². The zero-order chi connectivity index (χ0) is 30.7. The SMILES string of the molecule is C#Cc1cc(NC(=C)c2ccc(CCCCCCC)cc2)ccc1C(=C)C.CC.CCCCC1CCCCC1(C)N. The van der Waals surface area contributed by atoms with E-state index in [-0.39, 0.29) is 5.54 Å². The molecule has 0 amide bonds. The molecule has 2 nitrogen and oxygen atoms in total. The van der Waals surface area contributed by atoms with Gasteiger partial charge in [-0.3, -0.25) is 0 Å². The van der Waals surface area contributed by atoms with Crippen LogP contribution in [0.15, 0.2) is 55.6 Å². The van der Waals surface area contributed by atoms with Crippen molar-refractivity contribution < 1.29 is 0 Å². The van der Waals surface area contributed by atoms with Gasteiger partial charge in [0.05, 0.1) is 0 Å². The van der Waals surface area contributed by atoms with Gasteiger partial charge in [-0.05, 0) is 86.3 Å². The summed E-state index contributed by atoms with van der Waals surface area (Å²) >= 11 is 0. The summed E-state index contributed by atoms with van der Waals surface area (Å²) in [6.45, 7) is 20.9. The van der Waals surface area contributed by atoms with Crippen molar-refractivity contribution >= 4 is 17.0 Å². The third-order valence-electron chi connectivity index (χ3n) is 8.16. The first-order valence-electron chi connectivity index (χ1n) is 16.3. The van der Waals surface area contributed by atoms with Gasteiger partial charge in [-0.2, -0.15) is 0 Å². The van der Waals surface area contributed by atoms with E-state index in [1.165, 1.54) is 82.6 Å². The van der Waals surface area contributed by atoms with Crippen LogP contribution in [0, 0.1) is 18.3 Å². The zero-order valence-corrected chi connectivity index (χ0v) is 27.4. The average molecular weight is 557 g/mol. The minimum Gasteiger partial charge on any atom is -0.355 e. The Morgan fingerprint density at radius 2 is 1.63 bits per heavy atom. The van der Waals surface area contributed by atoms with Gasteiger partial charge in [-0.25, -0.2) is 0 Å². The van der Waals surface area contributed by atoms with E-state index < -0.39 is 0 Å². The molecule has 0 heterocycles. The number of aryl methyl sites for hydroxylation is 1. The number of hydrogen-bond donors (Lipinski definition) is 2. The van der Waals surface area contributed by atoms with Crippen molar-refractivity contribution in [3.05, 3.63) is 77.9 Å². The molecule has 2 atom stereocenters. The number of benzene rings is 2. The lowest BCUT2D eigenvalue weighted by Crippen LogP contribution is -2.46. The number of allylic oxidation sites excluding steroid dienone is 1. The second kappa shape index (κ2) is 20.2. The van der Waals surface area contributed by atoms with Crippen LogP contribution < -0.4 is 11.1 Å². The predicted molar refractivity (Wildman–Crippen MR) is 186 cm³/mol. The fourth-order valence-electron chi connectivity index (χ4n) is 5.52. The molecule has 0 aliphatic heterocycles. The highest BCUT2D eigenvalue weighted by molar-refractivity contribution is 5.78. The normalized spacial score (nSPS) is 17.7. The standard InChI is InChI=1S/C26H31N.C11H23N.C2H6/c1-6-8-9-10-11-12-22-13-15-24(16-14-22)21(5)27-25-17-18-26(20(3)4)23(7-2)19-25;1-3-4-7-10-8-5-6-9-11(10,2)12;1-2/h2,13-19,27H,3,5-6,8-12H2,1,4H3;10H,3-9,12H2,1-2H3;1-2H3. The molecule has 2 aromatic carbocycles. The first-order valence-corrected chi connectivity index (χ1v) is 16.3. The maximum atomic E-state index is 6.26. The molecule has 41 heavy (non-hydrogen) atoms. The molecule has 3 N–H and O–H groups in total. The Morgan fingerprint density at radius 3 is 2.22 bits per heavy atom. The highest BCUT2D eigenvalue weighted by Gasteiger charge is 2.31. The van der Waals surface area contributed by atoms with E-state index in [2.05, 4.69) is 69.4 Å². The molecule has 2 unspecified atom stereocenters. The van der Waals surface area contributed by atoms with Crippen LogP contribution in [0.2, 0.25) is 0 Å². The van der Waals surface area contributed by atoms with Crippen LogP contribution in [0.1, 0.15) is 141 Å². The van der Waals surface area contributed by atoms with Crippen molar-refractivity contribution in [1.82, 2.24) is 0 Å². The lowest BCUT2D eigenvalue weighted by molar-refractivity contribution is 0.193. The van der Waals surface area contributed by atoms with Gasteiger partial charge in [0, 0.05) is 22.5 Å². The number of anilines is 1. The topological polar surface area (TPSA) is 38.0 Å². The highest BCUT2D eigenvalue weighted by Crippen LogP contribution is 2.34. The molecule has 0 radical (unpaired) electrons. The Balaban J connectivity index is 0.000000500. The number of hydrogen-bond acceptors (Lipinski definition) is 2. The van der Waals surface area contributed by atoms with E-state index in [0.717, 1.165) is 46.0 Å². The molecule has 0 bridgehead atoms. The van der Waals surface area contributed by atoms with Crippen LogP contribution in [-0.4, -0.2) is 5.54 Å². The molecule has 2 aromatic rings. The third-order valence-corrected chi connectivity index (χ3v) is 8.16. The van der Waals surface area contributed by atoms with Crippen molar-refractivity contribution in [2.45, 2.75) is 131 Å². The molecule has 0 saturated heterocycles. The van der Waals surface area contributed by atoms with Gasteiger partial charge in [-0.1, -0.05) is 128 Å². The molecule has 1 aliphatic carbocycles. The van der Waals surface area contributed by atoms with Crippen molar-refractivity contribution in [1.29, 1.82) is 0 Å². The Labute approximate surface area is 254 Å². The maximum absolute atomic E-state index is 6.26. The average Bonchev–Trinajstić information content (AvgIpc) is 2.97. The van der Waals surface area contributed by atoms with Crippen LogP contribution in [0.3, 0.4) is 0 Å². The van der Waals surface area contributed by atoms with Crippen molar-refractivity contribution in [2.24, 2.45) is 11.7 Å². The minimum atomic E-state index is 0.146. The fourth-order valence-corrected chi connectivity index (χ4v) is 5.52. The summed E-state index contributed by atoms with van der Waals surface area (Å²) in [5, 5.41) is 3.37. The van der Waals surface area contributed by atoms with E-state index in [9.17, 15) is 0 Å². The van der Waals surface area contributed by atoms with Crippen molar-refractivity contribution in [3.8, 4) is 12.3 Å². The molecular formula is C39H60N2. The van der Waals surface area contributed by atoms with Crippen molar-refractivity contribution in [2.75, 3.05) is 5.32 Å². The van der Waals surface area contributed by atoms with E-state index in [4.69, 9.17) is 12.2 Å². The van der Waals surface area contributed by atoms with Crippen molar-refractivity contribution in [3.63, 3.8) is 0 Å². The van der Waals surface area contributed by atoms with E-state index in [0.29, 0.717) is 0 Å². The molecule has 1 aliphatic rings. The van der Waals surface area contributed by atoms with Gasteiger partial charge in [-0.15, -0.1) is 6.42 Å². The summed E-state index contributed by atoms with van der Waals surface area (Å²) in [4.78, 5) is 0.